The summed E-state index contributed by atoms with van der Waals surface area (Å²) >= 11 is 12.0. The quantitative estimate of drug-likeness (QED) is 0.499. The van der Waals surface area contributed by atoms with Crippen molar-refractivity contribution in [1.29, 1.82) is 0 Å². The van der Waals surface area contributed by atoms with Gasteiger partial charge < -0.3 is 15.0 Å². The van der Waals surface area contributed by atoms with Gasteiger partial charge in [0.25, 0.3) is 5.91 Å². The van der Waals surface area contributed by atoms with Gasteiger partial charge in [0, 0.05) is 24.3 Å². The molecule has 4 rings (SSSR count). The smallest absolute Gasteiger partial charge is 0.262 e. The van der Waals surface area contributed by atoms with Gasteiger partial charge in [0.2, 0.25) is 0 Å². The average molecular weight is 471 g/mol. The number of amides is 1. The fraction of sp³-hybridized carbons (Fsp3) is 0.292. The fourth-order valence-electron chi connectivity index (χ4n) is 3.55. The molecule has 1 aromatic heterocycles. The highest BCUT2D eigenvalue weighted by atomic mass is 35.5. The third-order valence-corrected chi connectivity index (χ3v) is 6.30. The third-order valence-electron chi connectivity index (χ3n) is 5.50. The lowest BCUT2D eigenvalue weighted by Crippen LogP contribution is -2.33. The van der Waals surface area contributed by atoms with Crippen LogP contribution in [-0.2, 0) is 4.79 Å². The van der Waals surface area contributed by atoms with Crippen molar-refractivity contribution in [1.82, 2.24) is 10.2 Å². The van der Waals surface area contributed by atoms with Gasteiger partial charge in [0.15, 0.2) is 12.4 Å². The number of halogens is 2. The van der Waals surface area contributed by atoms with Crippen LogP contribution < -0.4 is 15.0 Å². The van der Waals surface area contributed by atoms with E-state index < -0.39 is 0 Å². The van der Waals surface area contributed by atoms with Crippen LogP contribution in [0.4, 0.5) is 11.5 Å². The predicted octanol–water partition coefficient (Wildman–Crippen LogP) is 5.70. The molecule has 8 heteroatoms. The number of carbonyl (C=O) groups excluding carboxylic acids is 1. The van der Waals surface area contributed by atoms with E-state index in [0.717, 1.165) is 36.1 Å². The summed E-state index contributed by atoms with van der Waals surface area (Å²) in [6.45, 7) is 4.16. The number of ether oxygens (including phenoxy) is 1. The van der Waals surface area contributed by atoms with Crippen molar-refractivity contribution < 1.29 is 9.53 Å². The Balaban J connectivity index is 1.32. The second kappa shape index (κ2) is 10.2. The number of hydrogen-bond donors (Lipinski definition) is 1. The summed E-state index contributed by atoms with van der Waals surface area (Å²) in [5.41, 5.74) is 2.37. The molecule has 0 aliphatic carbocycles. The molecule has 3 aromatic rings. The molecule has 6 nitrogen and oxygen atoms in total. The van der Waals surface area contributed by atoms with Crippen molar-refractivity contribution in [3.63, 3.8) is 0 Å². The number of anilines is 2. The molecule has 0 bridgehead atoms. The lowest BCUT2D eigenvalue weighted by atomic mass is 9.99. The van der Waals surface area contributed by atoms with Gasteiger partial charge in [-0.15, -0.1) is 10.2 Å². The van der Waals surface area contributed by atoms with E-state index in [1.807, 2.05) is 36.4 Å². The second-order valence-electron chi connectivity index (χ2n) is 7.91. The Bertz CT molecular complexity index is 1070. The van der Waals surface area contributed by atoms with E-state index in [4.69, 9.17) is 27.9 Å². The first-order chi connectivity index (χ1) is 15.5. The minimum Gasteiger partial charge on any atom is -0.482 e. The summed E-state index contributed by atoms with van der Waals surface area (Å²) in [6.07, 6.45) is 2.38. The van der Waals surface area contributed by atoms with Gasteiger partial charge in [-0.2, -0.15) is 0 Å². The monoisotopic (exact) mass is 470 g/mol. The zero-order valence-electron chi connectivity index (χ0n) is 17.7. The van der Waals surface area contributed by atoms with Crippen LogP contribution in [0.15, 0.2) is 54.6 Å². The maximum atomic E-state index is 12.2. The molecule has 1 fully saturated rings. The van der Waals surface area contributed by atoms with E-state index in [1.165, 1.54) is 12.8 Å². The molecular weight excluding hydrogens is 447 g/mol. The summed E-state index contributed by atoms with van der Waals surface area (Å²) in [4.78, 5) is 14.5. The standard InChI is InChI=1S/C24H24Cl2N4O2/c1-16-11-13-30(14-12-16)22-10-9-20(28-29-22)17-5-7-18(8-6-17)27-23(31)15-32-21-4-2-3-19(25)24(21)26/h2-10,16H,11-15H2,1H3,(H,27,31). The van der Waals surface area contributed by atoms with E-state index in [9.17, 15) is 4.79 Å². The number of nitrogens with zero attached hydrogens (tertiary/aromatic N) is 3. The van der Waals surface area contributed by atoms with E-state index in [2.05, 4.69) is 27.3 Å². The van der Waals surface area contributed by atoms with Crippen LogP contribution in [0.3, 0.4) is 0 Å². The molecule has 0 saturated carbocycles. The van der Waals surface area contributed by atoms with Gasteiger partial charge in [0.1, 0.15) is 10.8 Å². The Morgan fingerprint density at radius 1 is 1.06 bits per heavy atom. The molecule has 0 unspecified atom stereocenters. The topological polar surface area (TPSA) is 67.4 Å². The normalized spacial score (nSPS) is 14.3. The molecule has 166 valence electrons. The van der Waals surface area contributed by atoms with Gasteiger partial charge in [-0.3, -0.25) is 4.79 Å². The maximum absolute atomic E-state index is 12.2. The third kappa shape index (κ3) is 5.50. The minimum absolute atomic E-state index is 0.177. The van der Waals surface area contributed by atoms with Crippen LogP contribution >= 0.6 is 23.2 Å². The number of nitrogens with one attached hydrogen (secondary N) is 1. The highest BCUT2D eigenvalue weighted by molar-refractivity contribution is 6.42. The molecule has 0 radical (unpaired) electrons. The van der Waals surface area contributed by atoms with E-state index in [-0.39, 0.29) is 17.5 Å². The Kier molecular flexibility index (Phi) is 7.12. The Morgan fingerprint density at radius 2 is 1.81 bits per heavy atom. The van der Waals surface area contributed by atoms with Crippen LogP contribution in [0.2, 0.25) is 10.0 Å². The zero-order chi connectivity index (χ0) is 22.5. The summed E-state index contributed by atoms with van der Waals surface area (Å²) in [5, 5.41) is 12.3. The Labute approximate surface area is 197 Å². The van der Waals surface area contributed by atoms with Crippen LogP contribution in [0.1, 0.15) is 19.8 Å². The van der Waals surface area contributed by atoms with Crippen LogP contribution in [-0.4, -0.2) is 35.8 Å². The zero-order valence-corrected chi connectivity index (χ0v) is 19.2. The molecule has 2 aromatic carbocycles. The second-order valence-corrected chi connectivity index (χ2v) is 8.70. The number of carbonyl (C=O) groups is 1. The lowest BCUT2D eigenvalue weighted by molar-refractivity contribution is -0.118. The molecule has 0 atom stereocenters. The number of piperidine rings is 1. The largest absolute Gasteiger partial charge is 0.482 e. The van der Waals surface area contributed by atoms with E-state index >= 15 is 0 Å². The van der Waals surface area contributed by atoms with Crippen LogP contribution in [0, 0.1) is 5.92 Å². The van der Waals surface area contributed by atoms with Gasteiger partial charge in [-0.05, 0) is 55.2 Å². The first kappa shape index (κ1) is 22.4. The molecule has 1 saturated heterocycles. The van der Waals surface area contributed by atoms with Crippen molar-refractivity contribution in [3.8, 4) is 17.0 Å². The molecule has 1 aliphatic heterocycles. The van der Waals surface area contributed by atoms with Gasteiger partial charge in [-0.1, -0.05) is 48.3 Å². The Morgan fingerprint density at radius 3 is 2.50 bits per heavy atom. The van der Waals surface area contributed by atoms with Crippen molar-refractivity contribution in [2.75, 3.05) is 29.9 Å². The van der Waals surface area contributed by atoms with Crippen molar-refractivity contribution >= 4 is 40.6 Å². The lowest BCUT2D eigenvalue weighted by Gasteiger charge is -2.30. The predicted molar refractivity (Wildman–Crippen MR) is 129 cm³/mol. The molecule has 2 heterocycles. The number of rotatable bonds is 6. The SMILES string of the molecule is CC1CCN(c2ccc(-c3ccc(NC(=O)COc4cccc(Cl)c4Cl)cc3)nn2)CC1. The summed E-state index contributed by atoms with van der Waals surface area (Å²) in [6, 6.07) is 16.5. The van der Waals surface area contributed by atoms with Gasteiger partial charge >= 0.3 is 0 Å². The van der Waals surface area contributed by atoms with E-state index in [1.54, 1.807) is 18.2 Å². The van der Waals surface area contributed by atoms with Crippen LogP contribution in [0.5, 0.6) is 5.75 Å². The number of hydrogen-bond acceptors (Lipinski definition) is 5. The fourth-order valence-corrected chi connectivity index (χ4v) is 3.89. The summed E-state index contributed by atoms with van der Waals surface area (Å²) in [5.74, 6) is 1.77. The maximum Gasteiger partial charge on any atom is 0.262 e. The van der Waals surface area contributed by atoms with E-state index in [0.29, 0.717) is 16.5 Å². The average Bonchev–Trinajstić information content (AvgIpc) is 2.81. The summed E-state index contributed by atoms with van der Waals surface area (Å²) < 4.78 is 5.46. The van der Waals surface area contributed by atoms with Gasteiger partial charge in [-0.25, -0.2) is 0 Å². The molecule has 1 amide bonds. The van der Waals surface area contributed by atoms with Gasteiger partial charge in [0.05, 0.1) is 10.7 Å². The first-order valence-corrected chi connectivity index (χ1v) is 11.3. The van der Waals surface area contributed by atoms with Crippen molar-refractivity contribution in [3.05, 3.63) is 64.6 Å². The van der Waals surface area contributed by atoms with Crippen molar-refractivity contribution in [2.24, 2.45) is 5.92 Å². The molecule has 1 N–H and O–H groups in total. The van der Waals surface area contributed by atoms with Crippen LogP contribution in [0.25, 0.3) is 11.3 Å². The molecule has 32 heavy (non-hydrogen) atoms. The molecule has 1 aliphatic rings. The number of benzene rings is 2. The molecule has 0 spiro atoms. The minimum atomic E-state index is -0.297. The highest BCUT2D eigenvalue weighted by Crippen LogP contribution is 2.31. The highest BCUT2D eigenvalue weighted by Gasteiger charge is 2.17. The Hall–Kier alpha value is -2.83. The first-order valence-electron chi connectivity index (χ1n) is 10.6. The summed E-state index contributed by atoms with van der Waals surface area (Å²) in [7, 11) is 0. The van der Waals surface area contributed by atoms with Crippen molar-refractivity contribution in [2.45, 2.75) is 19.8 Å². The number of aromatic nitrogens is 2. The molecular formula is C24H24Cl2N4O2.